The topological polar surface area (TPSA) is 86.9 Å². The van der Waals surface area contributed by atoms with Gasteiger partial charge >= 0.3 is 0 Å². The lowest BCUT2D eigenvalue weighted by molar-refractivity contribution is 0.547. The van der Waals surface area contributed by atoms with Gasteiger partial charge in [-0.2, -0.15) is 5.10 Å². The van der Waals surface area contributed by atoms with Crippen LogP contribution in [-0.2, 0) is 10.0 Å². The number of hydrogen-bond donors (Lipinski definition) is 3. The SMILES string of the molecule is CCNCC(C)S(=O)(=O)NC(C)c1cn[nH]c1. The number of nitrogens with zero attached hydrogens (tertiary/aromatic N) is 1. The van der Waals surface area contributed by atoms with Crippen molar-refractivity contribution in [3.05, 3.63) is 18.0 Å². The molecule has 6 nitrogen and oxygen atoms in total. The van der Waals surface area contributed by atoms with Gasteiger partial charge in [0.05, 0.1) is 11.4 Å². The number of rotatable bonds is 7. The molecule has 3 N–H and O–H groups in total. The van der Waals surface area contributed by atoms with E-state index < -0.39 is 15.3 Å². The predicted octanol–water partition coefficient (Wildman–Crippen LogP) is 0.388. The van der Waals surface area contributed by atoms with Gasteiger partial charge in [-0.3, -0.25) is 5.10 Å². The van der Waals surface area contributed by atoms with E-state index in [1.807, 2.05) is 6.92 Å². The summed E-state index contributed by atoms with van der Waals surface area (Å²) in [5.41, 5.74) is 0.823. The number of aromatic nitrogens is 2. The summed E-state index contributed by atoms with van der Waals surface area (Å²) >= 11 is 0. The Bertz CT molecular complexity index is 416. The molecule has 0 bridgehead atoms. The van der Waals surface area contributed by atoms with Crippen LogP contribution in [0.25, 0.3) is 0 Å². The summed E-state index contributed by atoms with van der Waals surface area (Å²) < 4.78 is 26.6. The van der Waals surface area contributed by atoms with Gasteiger partial charge < -0.3 is 5.32 Å². The first-order valence-electron chi connectivity index (χ1n) is 5.68. The van der Waals surface area contributed by atoms with Gasteiger partial charge in [0.2, 0.25) is 10.0 Å². The normalized spacial score (nSPS) is 15.7. The molecule has 0 amide bonds. The van der Waals surface area contributed by atoms with Crippen molar-refractivity contribution in [2.24, 2.45) is 0 Å². The van der Waals surface area contributed by atoms with Crippen molar-refractivity contribution in [2.75, 3.05) is 13.1 Å². The fourth-order valence-corrected chi connectivity index (χ4v) is 2.58. The van der Waals surface area contributed by atoms with Crippen molar-refractivity contribution in [2.45, 2.75) is 32.1 Å². The van der Waals surface area contributed by atoms with Gasteiger partial charge in [0, 0.05) is 24.3 Å². The van der Waals surface area contributed by atoms with Crippen molar-refractivity contribution in [3.8, 4) is 0 Å². The Morgan fingerprint density at radius 3 is 2.71 bits per heavy atom. The van der Waals surface area contributed by atoms with E-state index in [1.165, 1.54) is 0 Å². The molecule has 1 rings (SSSR count). The molecular weight excluding hydrogens is 240 g/mol. The van der Waals surface area contributed by atoms with E-state index in [9.17, 15) is 8.42 Å². The number of H-pyrrole nitrogens is 1. The number of nitrogens with one attached hydrogen (secondary N) is 3. The zero-order valence-corrected chi connectivity index (χ0v) is 11.2. The van der Waals surface area contributed by atoms with Gasteiger partial charge in [-0.25, -0.2) is 13.1 Å². The first-order chi connectivity index (χ1) is 7.97. The smallest absolute Gasteiger partial charge is 0.216 e. The summed E-state index contributed by atoms with van der Waals surface area (Å²) in [4.78, 5) is 0. The third kappa shape index (κ3) is 4.10. The fourth-order valence-electron chi connectivity index (χ4n) is 1.39. The molecular formula is C10H20N4O2S. The van der Waals surface area contributed by atoms with E-state index in [2.05, 4.69) is 20.2 Å². The van der Waals surface area contributed by atoms with E-state index in [1.54, 1.807) is 26.2 Å². The first kappa shape index (κ1) is 14.1. The lowest BCUT2D eigenvalue weighted by Gasteiger charge is -2.17. The van der Waals surface area contributed by atoms with Crippen LogP contribution in [0, 0.1) is 0 Å². The largest absolute Gasteiger partial charge is 0.316 e. The van der Waals surface area contributed by atoms with Crippen molar-refractivity contribution >= 4 is 10.0 Å². The van der Waals surface area contributed by atoms with Crippen molar-refractivity contribution in [3.63, 3.8) is 0 Å². The Morgan fingerprint density at radius 2 is 2.18 bits per heavy atom. The molecule has 2 unspecified atom stereocenters. The van der Waals surface area contributed by atoms with Crippen LogP contribution < -0.4 is 10.0 Å². The summed E-state index contributed by atoms with van der Waals surface area (Å²) in [7, 11) is -3.31. The zero-order chi connectivity index (χ0) is 12.9. The van der Waals surface area contributed by atoms with Crippen LogP contribution >= 0.6 is 0 Å². The lowest BCUT2D eigenvalue weighted by atomic mass is 10.2. The van der Waals surface area contributed by atoms with E-state index in [0.29, 0.717) is 6.54 Å². The molecule has 0 spiro atoms. The average Bonchev–Trinajstić information content (AvgIpc) is 2.78. The minimum absolute atomic E-state index is 0.275. The van der Waals surface area contributed by atoms with Crippen molar-refractivity contribution in [1.29, 1.82) is 0 Å². The van der Waals surface area contributed by atoms with Crippen LogP contribution in [0.4, 0.5) is 0 Å². The van der Waals surface area contributed by atoms with E-state index >= 15 is 0 Å². The van der Waals surface area contributed by atoms with Crippen LogP contribution in [0.15, 0.2) is 12.4 Å². The molecule has 0 radical (unpaired) electrons. The first-order valence-corrected chi connectivity index (χ1v) is 7.22. The molecule has 98 valence electrons. The van der Waals surface area contributed by atoms with Crippen LogP contribution in [0.1, 0.15) is 32.4 Å². The van der Waals surface area contributed by atoms with Crippen LogP contribution in [0.2, 0.25) is 0 Å². The standard InChI is InChI=1S/C10H20N4O2S/c1-4-11-5-8(2)17(15,16)14-9(3)10-6-12-13-7-10/h6-9,11,14H,4-5H2,1-3H3,(H,12,13). The Kier molecular flexibility index (Phi) is 5.10. The summed E-state index contributed by atoms with van der Waals surface area (Å²) in [6.45, 7) is 6.64. The molecule has 1 heterocycles. The van der Waals surface area contributed by atoms with Gasteiger partial charge in [0.1, 0.15) is 0 Å². The minimum atomic E-state index is -3.31. The molecule has 0 fully saturated rings. The average molecular weight is 260 g/mol. The molecule has 0 aliphatic carbocycles. The van der Waals surface area contributed by atoms with Crippen molar-refractivity contribution < 1.29 is 8.42 Å². The van der Waals surface area contributed by atoms with Crippen LogP contribution in [-0.4, -0.2) is 37.0 Å². The summed E-state index contributed by atoms with van der Waals surface area (Å²) in [6, 6.07) is -0.275. The molecule has 0 saturated carbocycles. The van der Waals surface area contributed by atoms with Crippen LogP contribution in [0.5, 0.6) is 0 Å². The van der Waals surface area contributed by atoms with Gasteiger partial charge in [-0.15, -0.1) is 0 Å². The maximum absolute atomic E-state index is 12.0. The van der Waals surface area contributed by atoms with E-state index in [-0.39, 0.29) is 6.04 Å². The monoisotopic (exact) mass is 260 g/mol. The van der Waals surface area contributed by atoms with Gasteiger partial charge in [-0.05, 0) is 20.4 Å². The van der Waals surface area contributed by atoms with E-state index in [4.69, 9.17) is 0 Å². The third-order valence-corrected chi connectivity index (χ3v) is 4.48. The highest BCUT2D eigenvalue weighted by molar-refractivity contribution is 7.90. The summed E-state index contributed by atoms with van der Waals surface area (Å²) in [5, 5.41) is 9.02. The fraction of sp³-hybridized carbons (Fsp3) is 0.700. The molecule has 0 aliphatic rings. The Hall–Kier alpha value is -0.920. The molecule has 0 aliphatic heterocycles. The van der Waals surface area contributed by atoms with Gasteiger partial charge in [-0.1, -0.05) is 6.92 Å². The molecule has 1 aromatic rings. The van der Waals surface area contributed by atoms with Gasteiger partial charge in [0.25, 0.3) is 0 Å². The highest BCUT2D eigenvalue weighted by Gasteiger charge is 2.23. The maximum Gasteiger partial charge on any atom is 0.216 e. The third-order valence-electron chi connectivity index (χ3n) is 2.57. The molecule has 2 atom stereocenters. The Labute approximate surface area is 102 Å². The summed E-state index contributed by atoms with van der Waals surface area (Å²) in [5.74, 6) is 0. The highest BCUT2D eigenvalue weighted by Crippen LogP contribution is 2.12. The molecule has 0 saturated heterocycles. The molecule has 0 aromatic carbocycles. The summed E-state index contributed by atoms with van der Waals surface area (Å²) in [6.07, 6.45) is 3.30. The number of hydrogen-bond acceptors (Lipinski definition) is 4. The molecule has 17 heavy (non-hydrogen) atoms. The second-order valence-electron chi connectivity index (χ2n) is 4.03. The zero-order valence-electron chi connectivity index (χ0n) is 10.4. The second-order valence-corrected chi connectivity index (χ2v) is 6.16. The lowest BCUT2D eigenvalue weighted by Crippen LogP contribution is -2.39. The maximum atomic E-state index is 12.0. The molecule has 1 aromatic heterocycles. The van der Waals surface area contributed by atoms with Crippen molar-refractivity contribution in [1.82, 2.24) is 20.2 Å². The Morgan fingerprint density at radius 1 is 1.47 bits per heavy atom. The quantitative estimate of drug-likeness (QED) is 0.662. The Balaban J connectivity index is 2.60. The highest BCUT2D eigenvalue weighted by atomic mass is 32.2. The van der Waals surface area contributed by atoms with Gasteiger partial charge in [0.15, 0.2) is 0 Å². The minimum Gasteiger partial charge on any atom is -0.316 e. The molecule has 7 heteroatoms. The second kappa shape index (κ2) is 6.13. The van der Waals surface area contributed by atoms with Crippen LogP contribution in [0.3, 0.4) is 0 Å². The number of aromatic amines is 1. The number of sulfonamides is 1. The predicted molar refractivity (Wildman–Crippen MR) is 67.1 cm³/mol. The van der Waals surface area contributed by atoms with E-state index in [0.717, 1.165) is 12.1 Å².